The quantitative estimate of drug-likeness (QED) is 0.695. The molecule has 1 heterocycles. The van der Waals surface area contributed by atoms with Crippen LogP contribution in [0, 0.1) is 11.8 Å². The van der Waals surface area contributed by atoms with Crippen molar-refractivity contribution in [3.63, 3.8) is 0 Å². The maximum absolute atomic E-state index is 12.3. The first-order valence-corrected chi connectivity index (χ1v) is 7.68. The predicted octanol–water partition coefficient (Wildman–Crippen LogP) is 0.838. The summed E-state index contributed by atoms with van der Waals surface area (Å²) in [4.78, 5) is 16.6. The van der Waals surface area contributed by atoms with E-state index in [0.29, 0.717) is 26.3 Å². The molecule has 2 atom stereocenters. The number of methoxy groups -OCH3 is 1. The van der Waals surface area contributed by atoms with Crippen molar-refractivity contribution in [1.82, 2.24) is 9.80 Å². The fourth-order valence-corrected chi connectivity index (χ4v) is 2.83. The molecule has 1 amide bonds. The predicted molar refractivity (Wildman–Crippen MR) is 77.6 cm³/mol. The minimum atomic E-state index is -0.0667. The van der Waals surface area contributed by atoms with E-state index in [4.69, 9.17) is 9.47 Å². The lowest BCUT2D eigenvalue weighted by Crippen LogP contribution is -2.51. The van der Waals surface area contributed by atoms with Gasteiger partial charge in [-0.3, -0.25) is 4.79 Å². The maximum Gasteiger partial charge on any atom is 0.227 e. The van der Waals surface area contributed by atoms with Gasteiger partial charge in [0.1, 0.15) is 0 Å². The first kappa shape index (κ1) is 15.7. The van der Waals surface area contributed by atoms with Crippen LogP contribution >= 0.6 is 0 Å². The molecule has 5 heteroatoms. The van der Waals surface area contributed by atoms with E-state index >= 15 is 0 Å². The Morgan fingerprint density at radius 3 is 2.85 bits per heavy atom. The number of likely N-dealkylation sites (N-methyl/N-ethyl adjacent to an activating group) is 1. The molecule has 0 aromatic heterocycles. The van der Waals surface area contributed by atoms with Crippen LogP contribution in [0.1, 0.15) is 19.8 Å². The minimum absolute atomic E-state index is 0.0667. The zero-order chi connectivity index (χ0) is 14.5. The molecule has 0 spiro atoms. The van der Waals surface area contributed by atoms with E-state index in [0.717, 1.165) is 19.0 Å². The summed E-state index contributed by atoms with van der Waals surface area (Å²) in [6.07, 6.45) is 2.88. The van der Waals surface area contributed by atoms with Gasteiger partial charge in [0.2, 0.25) is 5.91 Å². The van der Waals surface area contributed by atoms with E-state index in [1.165, 1.54) is 12.8 Å². The third kappa shape index (κ3) is 4.72. The van der Waals surface area contributed by atoms with Gasteiger partial charge in [0.25, 0.3) is 0 Å². The molecular weight excluding hydrogens is 256 g/mol. The van der Waals surface area contributed by atoms with Crippen LogP contribution in [0.25, 0.3) is 0 Å². The van der Waals surface area contributed by atoms with Gasteiger partial charge < -0.3 is 19.3 Å². The molecule has 1 saturated heterocycles. The van der Waals surface area contributed by atoms with Gasteiger partial charge in [0, 0.05) is 33.3 Å². The third-order valence-electron chi connectivity index (χ3n) is 4.07. The molecule has 2 aliphatic rings. The van der Waals surface area contributed by atoms with Gasteiger partial charge in [-0.25, -0.2) is 0 Å². The first-order valence-electron chi connectivity index (χ1n) is 7.68. The van der Waals surface area contributed by atoms with Crippen molar-refractivity contribution in [3.05, 3.63) is 0 Å². The Balaban J connectivity index is 1.76. The standard InChI is InChI=1S/C15H28N2O3/c1-12(11-19-3)15(18)17-6-7-20-14(10-17)9-16(2)8-13-4-5-13/h12-14H,4-11H2,1-3H3/t12-,14+/m1/s1. The lowest BCUT2D eigenvalue weighted by Gasteiger charge is -2.36. The molecule has 116 valence electrons. The molecule has 2 rings (SSSR count). The second-order valence-corrected chi connectivity index (χ2v) is 6.30. The summed E-state index contributed by atoms with van der Waals surface area (Å²) in [5.74, 6) is 1.01. The van der Waals surface area contributed by atoms with Crippen molar-refractivity contribution in [1.29, 1.82) is 0 Å². The second kappa shape index (κ2) is 7.38. The largest absolute Gasteiger partial charge is 0.384 e. The number of amides is 1. The van der Waals surface area contributed by atoms with Crippen molar-refractivity contribution < 1.29 is 14.3 Å². The number of rotatable bonds is 7. The van der Waals surface area contributed by atoms with Gasteiger partial charge in [-0.05, 0) is 25.8 Å². The highest BCUT2D eigenvalue weighted by molar-refractivity contribution is 5.78. The van der Waals surface area contributed by atoms with E-state index in [9.17, 15) is 4.79 Å². The lowest BCUT2D eigenvalue weighted by molar-refractivity contribution is -0.144. The fourth-order valence-electron chi connectivity index (χ4n) is 2.83. The van der Waals surface area contributed by atoms with Crippen LogP contribution in [0.2, 0.25) is 0 Å². The number of hydrogen-bond donors (Lipinski definition) is 0. The zero-order valence-corrected chi connectivity index (χ0v) is 13.0. The number of carbonyl (C=O) groups excluding carboxylic acids is 1. The summed E-state index contributed by atoms with van der Waals surface area (Å²) < 4.78 is 10.9. The number of ether oxygens (including phenoxy) is 2. The topological polar surface area (TPSA) is 42.0 Å². The van der Waals surface area contributed by atoms with E-state index in [1.807, 2.05) is 11.8 Å². The third-order valence-corrected chi connectivity index (χ3v) is 4.07. The van der Waals surface area contributed by atoms with E-state index in [2.05, 4.69) is 11.9 Å². The van der Waals surface area contributed by atoms with Crippen molar-refractivity contribution in [3.8, 4) is 0 Å². The molecule has 0 aromatic rings. The Kier molecular flexibility index (Phi) is 5.81. The molecular formula is C15H28N2O3. The molecule has 0 aromatic carbocycles. The van der Waals surface area contributed by atoms with Crippen molar-refractivity contribution in [2.75, 3.05) is 53.6 Å². The summed E-state index contributed by atoms with van der Waals surface area (Å²) in [7, 11) is 3.79. The Bertz CT molecular complexity index is 320. The van der Waals surface area contributed by atoms with E-state index in [1.54, 1.807) is 7.11 Å². The molecule has 1 aliphatic heterocycles. The van der Waals surface area contributed by atoms with Crippen LogP contribution in [0.4, 0.5) is 0 Å². The highest BCUT2D eigenvalue weighted by Gasteiger charge is 2.29. The molecule has 1 aliphatic carbocycles. The Labute approximate surface area is 122 Å². The van der Waals surface area contributed by atoms with Crippen molar-refractivity contribution in [2.24, 2.45) is 11.8 Å². The van der Waals surface area contributed by atoms with Gasteiger partial charge >= 0.3 is 0 Å². The summed E-state index contributed by atoms with van der Waals surface area (Å²) in [6, 6.07) is 0. The summed E-state index contributed by atoms with van der Waals surface area (Å²) in [5, 5.41) is 0. The molecule has 0 unspecified atom stereocenters. The molecule has 1 saturated carbocycles. The lowest BCUT2D eigenvalue weighted by atomic mass is 10.1. The van der Waals surface area contributed by atoms with Crippen LogP contribution in [0.15, 0.2) is 0 Å². The van der Waals surface area contributed by atoms with Crippen LogP contribution in [0.5, 0.6) is 0 Å². The highest BCUT2D eigenvalue weighted by atomic mass is 16.5. The molecule has 2 fully saturated rings. The number of nitrogens with zero attached hydrogens (tertiary/aromatic N) is 2. The van der Waals surface area contributed by atoms with Gasteiger partial charge in [0.15, 0.2) is 0 Å². The summed E-state index contributed by atoms with van der Waals surface area (Å²) in [6.45, 7) is 6.55. The Morgan fingerprint density at radius 1 is 1.45 bits per heavy atom. The minimum Gasteiger partial charge on any atom is -0.384 e. The Hall–Kier alpha value is -0.650. The van der Waals surface area contributed by atoms with Crippen LogP contribution in [0.3, 0.4) is 0 Å². The van der Waals surface area contributed by atoms with Crippen molar-refractivity contribution >= 4 is 5.91 Å². The van der Waals surface area contributed by atoms with Gasteiger partial charge in [-0.1, -0.05) is 6.92 Å². The smallest absolute Gasteiger partial charge is 0.227 e. The fraction of sp³-hybridized carbons (Fsp3) is 0.933. The normalized spacial score (nSPS) is 25.0. The van der Waals surface area contributed by atoms with Crippen LogP contribution < -0.4 is 0 Å². The zero-order valence-electron chi connectivity index (χ0n) is 13.0. The van der Waals surface area contributed by atoms with Crippen LogP contribution in [-0.2, 0) is 14.3 Å². The molecule has 0 N–H and O–H groups in total. The molecule has 5 nitrogen and oxygen atoms in total. The van der Waals surface area contributed by atoms with Gasteiger partial charge in [-0.2, -0.15) is 0 Å². The van der Waals surface area contributed by atoms with E-state index < -0.39 is 0 Å². The summed E-state index contributed by atoms with van der Waals surface area (Å²) in [5.41, 5.74) is 0. The Morgan fingerprint density at radius 2 is 2.20 bits per heavy atom. The maximum atomic E-state index is 12.3. The summed E-state index contributed by atoms with van der Waals surface area (Å²) >= 11 is 0. The van der Waals surface area contributed by atoms with Gasteiger partial charge in [-0.15, -0.1) is 0 Å². The van der Waals surface area contributed by atoms with E-state index in [-0.39, 0.29) is 17.9 Å². The van der Waals surface area contributed by atoms with Crippen molar-refractivity contribution in [2.45, 2.75) is 25.9 Å². The average molecular weight is 284 g/mol. The SMILES string of the molecule is COC[C@@H](C)C(=O)N1CCO[C@@H](CN(C)CC2CC2)C1. The van der Waals surface area contributed by atoms with Gasteiger partial charge in [0.05, 0.1) is 25.2 Å². The average Bonchev–Trinajstić information content (AvgIpc) is 3.22. The first-order chi connectivity index (χ1) is 9.60. The number of morpholine rings is 1. The number of carbonyl (C=O) groups is 1. The molecule has 0 radical (unpaired) electrons. The highest BCUT2D eigenvalue weighted by Crippen LogP contribution is 2.29. The number of hydrogen-bond acceptors (Lipinski definition) is 4. The van der Waals surface area contributed by atoms with Crippen LogP contribution in [-0.4, -0.2) is 75.4 Å². The second-order valence-electron chi connectivity index (χ2n) is 6.30. The molecule has 20 heavy (non-hydrogen) atoms. The molecule has 0 bridgehead atoms. The monoisotopic (exact) mass is 284 g/mol.